The van der Waals surface area contributed by atoms with Crippen LogP contribution < -0.4 is 14.8 Å². The molecule has 2 atom stereocenters. The first-order valence-electron chi connectivity index (χ1n) is 8.97. The van der Waals surface area contributed by atoms with Crippen molar-refractivity contribution in [2.24, 2.45) is 11.8 Å². The van der Waals surface area contributed by atoms with Crippen molar-refractivity contribution in [1.82, 2.24) is 0 Å². The third kappa shape index (κ3) is 4.60. The molecular formula is C20H24N2O4S. The Bertz CT molecular complexity index is 939. The Morgan fingerprint density at radius 1 is 1.15 bits per heavy atom. The van der Waals surface area contributed by atoms with Crippen molar-refractivity contribution in [3.8, 4) is 5.75 Å². The predicted molar refractivity (Wildman–Crippen MR) is 105 cm³/mol. The first-order valence-corrected chi connectivity index (χ1v) is 10.5. The fourth-order valence-electron chi connectivity index (χ4n) is 2.89. The van der Waals surface area contributed by atoms with Gasteiger partial charge in [-0.15, -0.1) is 0 Å². The van der Waals surface area contributed by atoms with Crippen LogP contribution in [-0.2, 0) is 14.8 Å². The summed E-state index contributed by atoms with van der Waals surface area (Å²) >= 11 is 0. The highest BCUT2D eigenvalue weighted by molar-refractivity contribution is 7.92. The van der Waals surface area contributed by atoms with Crippen molar-refractivity contribution in [1.29, 1.82) is 0 Å². The van der Waals surface area contributed by atoms with E-state index in [2.05, 4.69) is 10.0 Å². The summed E-state index contributed by atoms with van der Waals surface area (Å²) in [7, 11) is -3.78. The van der Waals surface area contributed by atoms with Gasteiger partial charge in [-0.2, -0.15) is 0 Å². The highest BCUT2D eigenvalue weighted by atomic mass is 32.2. The standard InChI is InChI=1S/C20H24N2O4S/c1-4-26-17-9-7-15(8-10-17)22-27(24,25)19-12-16(6-5-13(19)2)21-20(23)18-11-14(18)3/h5-10,12,14,18,22H,4,11H2,1-3H3,(H,21,23). The lowest BCUT2D eigenvalue weighted by Crippen LogP contribution is -2.17. The van der Waals surface area contributed by atoms with Crippen LogP contribution >= 0.6 is 0 Å². The molecule has 6 nitrogen and oxygen atoms in total. The lowest BCUT2D eigenvalue weighted by atomic mass is 10.2. The van der Waals surface area contributed by atoms with Crippen LogP contribution in [0, 0.1) is 18.8 Å². The number of carbonyl (C=O) groups is 1. The number of hydrogen-bond donors (Lipinski definition) is 2. The van der Waals surface area contributed by atoms with Gasteiger partial charge in [0.2, 0.25) is 5.91 Å². The summed E-state index contributed by atoms with van der Waals surface area (Å²) in [5, 5.41) is 2.81. The maximum absolute atomic E-state index is 12.8. The highest BCUT2D eigenvalue weighted by Gasteiger charge is 2.39. The number of sulfonamides is 1. The summed E-state index contributed by atoms with van der Waals surface area (Å²) in [6.07, 6.45) is 0.877. The molecule has 0 aromatic heterocycles. The minimum Gasteiger partial charge on any atom is -0.494 e. The van der Waals surface area contributed by atoms with E-state index in [1.54, 1.807) is 43.3 Å². The Morgan fingerprint density at radius 2 is 1.78 bits per heavy atom. The number of amides is 1. The van der Waals surface area contributed by atoms with E-state index >= 15 is 0 Å². The zero-order valence-electron chi connectivity index (χ0n) is 15.7. The summed E-state index contributed by atoms with van der Waals surface area (Å²) in [4.78, 5) is 12.3. The number of carbonyl (C=O) groups excluding carboxylic acids is 1. The third-order valence-corrected chi connectivity index (χ3v) is 6.13. The van der Waals surface area contributed by atoms with E-state index < -0.39 is 10.0 Å². The van der Waals surface area contributed by atoms with Gasteiger partial charge < -0.3 is 10.1 Å². The van der Waals surface area contributed by atoms with Crippen LogP contribution in [-0.4, -0.2) is 20.9 Å². The number of anilines is 2. The molecule has 27 heavy (non-hydrogen) atoms. The van der Waals surface area contributed by atoms with Crippen molar-refractivity contribution in [2.45, 2.75) is 32.1 Å². The van der Waals surface area contributed by atoms with Gasteiger partial charge in [-0.3, -0.25) is 9.52 Å². The molecule has 144 valence electrons. The molecule has 7 heteroatoms. The molecule has 0 radical (unpaired) electrons. The molecule has 3 rings (SSSR count). The molecule has 1 amide bonds. The van der Waals surface area contributed by atoms with Crippen LogP contribution in [0.4, 0.5) is 11.4 Å². The van der Waals surface area contributed by atoms with E-state index in [9.17, 15) is 13.2 Å². The van der Waals surface area contributed by atoms with Crippen LogP contribution in [0.2, 0.25) is 0 Å². The Morgan fingerprint density at radius 3 is 2.37 bits per heavy atom. The summed E-state index contributed by atoms with van der Waals surface area (Å²) in [5.41, 5.74) is 1.53. The van der Waals surface area contributed by atoms with Crippen LogP contribution in [0.3, 0.4) is 0 Å². The lowest BCUT2D eigenvalue weighted by Gasteiger charge is -2.13. The van der Waals surface area contributed by atoms with Crippen molar-refractivity contribution in [2.75, 3.05) is 16.6 Å². The van der Waals surface area contributed by atoms with Gasteiger partial charge in [-0.25, -0.2) is 8.42 Å². The van der Waals surface area contributed by atoms with E-state index in [1.165, 1.54) is 6.07 Å². The third-order valence-electron chi connectivity index (χ3n) is 4.61. The van der Waals surface area contributed by atoms with Crippen LogP contribution in [0.1, 0.15) is 25.8 Å². The molecule has 1 aliphatic rings. The SMILES string of the molecule is CCOc1ccc(NS(=O)(=O)c2cc(NC(=O)C3CC3C)ccc2C)cc1. The van der Waals surface area contributed by atoms with E-state index in [0.29, 0.717) is 35.2 Å². The summed E-state index contributed by atoms with van der Waals surface area (Å²) in [6, 6.07) is 11.6. The van der Waals surface area contributed by atoms with Crippen LogP contribution in [0.15, 0.2) is 47.4 Å². The first kappa shape index (κ1) is 19.2. The van der Waals surface area contributed by atoms with E-state index in [0.717, 1.165) is 6.42 Å². The van der Waals surface area contributed by atoms with Gasteiger partial charge in [0.25, 0.3) is 10.0 Å². The highest BCUT2D eigenvalue weighted by Crippen LogP contribution is 2.38. The minimum absolute atomic E-state index is 0.0216. The van der Waals surface area contributed by atoms with Crippen LogP contribution in [0.25, 0.3) is 0 Å². The molecule has 0 heterocycles. The van der Waals surface area contributed by atoms with Crippen LogP contribution in [0.5, 0.6) is 5.75 Å². The van der Waals surface area contributed by atoms with E-state index in [1.807, 2.05) is 13.8 Å². The molecule has 2 aromatic carbocycles. The monoisotopic (exact) mass is 388 g/mol. The van der Waals surface area contributed by atoms with Gasteiger partial charge in [-0.1, -0.05) is 13.0 Å². The van der Waals surface area contributed by atoms with Gasteiger partial charge in [0.05, 0.1) is 11.5 Å². The normalized spacial score (nSPS) is 18.6. The van der Waals surface area contributed by atoms with E-state index in [-0.39, 0.29) is 16.7 Å². The zero-order valence-corrected chi connectivity index (χ0v) is 16.5. The Kier molecular flexibility index (Phi) is 5.41. The minimum atomic E-state index is -3.78. The average molecular weight is 388 g/mol. The van der Waals surface area contributed by atoms with Crippen molar-refractivity contribution >= 4 is 27.3 Å². The molecule has 0 saturated heterocycles. The number of nitrogens with one attached hydrogen (secondary N) is 2. The molecule has 1 fully saturated rings. The first-order chi connectivity index (χ1) is 12.8. The zero-order chi connectivity index (χ0) is 19.6. The summed E-state index contributed by atoms with van der Waals surface area (Å²) in [5.74, 6) is 1.03. The summed E-state index contributed by atoms with van der Waals surface area (Å²) in [6.45, 7) is 6.18. The van der Waals surface area contributed by atoms with Crippen molar-refractivity contribution in [3.63, 3.8) is 0 Å². The van der Waals surface area contributed by atoms with Crippen molar-refractivity contribution < 1.29 is 17.9 Å². The quantitative estimate of drug-likeness (QED) is 0.756. The number of aryl methyl sites for hydroxylation is 1. The van der Waals surface area contributed by atoms with E-state index in [4.69, 9.17) is 4.74 Å². The van der Waals surface area contributed by atoms with Gasteiger partial charge in [0, 0.05) is 17.3 Å². The molecule has 2 N–H and O–H groups in total. The lowest BCUT2D eigenvalue weighted by molar-refractivity contribution is -0.117. The fraction of sp³-hybridized carbons (Fsp3) is 0.350. The maximum atomic E-state index is 12.8. The van der Waals surface area contributed by atoms with Gasteiger partial charge >= 0.3 is 0 Å². The Hall–Kier alpha value is -2.54. The number of rotatable bonds is 7. The molecule has 0 spiro atoms. The second-order valence-electron chi connectivity index (χ2n) is 6.85. The smallest absolute Gasteiger partial charge is 0.262 e. The van der Waals surface area contributed by atoms with Gasteiger partial charge in [0.1, 0.15) is 5.75 Å². The molecular weight excluding hydrogens is 364 g/mol. The van der Waals surface area contributed by atoms with Gasteiger partial charge in [-0.05, 0) is 68.1 Å². The average Bonchev–Trinajstić information content (AvgIpc) is 3.35. The van der Waals surface area contributed by atoms with Crippen molar-refractivity contribution in [3.05, 3.63) is 48.0 Å². The largest absolute Gasteiger partial charge is 0.494 e. The second kappa shape index (κ2) is 7.60. The summed E-state index contributed by atoms with van der Waals surface area (Å²) < 4.78 is 33.6. The molecule has 0 bridgehead atoms. The fourth-order valence-corrected chi connectivity index (χ4v) is 4.22. The number of hydrogen-bond acceptors (Lipinski definition) is 4. The predicted octanol–water partition coefficient (Wildman–Crippen LogP) is 3.79. The maximum Gasteiger partial charge on any atom is 0.262 e. The topological polar surface area (TPSA) is 84.5 Å². The van der Waals surface area contributed by atoms with Gasteiger partial charge in [0.15, 0.2) is 0 Å². The molecule has 1 saturated carbocycles. The molecule has 2 aromatic rings. The molecule has 0 aliphatic heterocycles. The number of ether oxygens (including phenoxy) is 1. The Balaban J connectivity index is 1.78. The second-order valence-corrected chi connectivity index (χ2v) is 8.50. The molecule has 2 unspecified atom stereocenters. The molecule has 1 aliphatic carbocycles. The number of benzene rings is 2. The Labute approximate surface area is 160 Å².